The summed E-state index contributed by atoms with van der Waals surface area (Å²) in [5.74, 6) is 0. The van der Waals surface area contributed by atoms with Crippen molar-refractivity contribution in [2.24, 2.45) is 0 Å². The Morgan fingerprint density at radius 1 is 1.25 bits per heavy atom. The van der Waals surface area contributed by atoms with Crippen molar-refractivity contribution in [3.63, 3.8) is 0 Å². The van der Waals surface area contributed by atoms with E-state index in [1.165, 1.54) is 0 Å². The van der Waals surface area contributed by atoms with Gasteiger partial charge < -0.3 is 0 Å². The molecule has 0 amide bonds. The third-order valence-corrected chi connectivity index (χ3v) is 0.586. The van der Waals surface area contributed by atoms with Gasteiger partial charge in [0.2, 0.25) is 0 Å². The SMILES string of the molecule is Cl.Cl.[C-]1=CC=CC1.[Ti]. The molecule has 0 aliphatic heterocycles. The van der Waals surface area contributed by atoms with E-state index in [0.717, 1.165) is 6.42 Å². The van der Waals surface area contributed by atoms with Crippen LogP contribution in [-0.2, 0) is 21.7 Å². The molecule has 1 aliphatic carbocycles. The van der Waals surface area contributed by atoms with Crippen molar-refractivity contribution < 1.29 is 21.7 Å². The zero-order valence-corrected chi connectivity index (χ0v) is 7.45. The van der Waals surface area contributed by atoms with Gasteiger partial charge in [0.05, 0.1) is 0 Å². The molecule has 0 aromatic heterocycles. The van der Waals surface area contributed by atoms with Crippen molar-refractivity contribution in [1.29, 1.82) is 0 Å². The van der Waals surface area contributed by atoms with E-state index >= 15 is 0 Å². The van der Waals surface area contributed by atoms with Gasteiger partial charge in [-0.15, -0.1) is 31.2 Å². The number of hydrogen-bond acceptors (Lipinski definition) is 0. The normalized spacial score (nSPS) is 11.0. The van der Waals surface area contributed by atoms with Crippen molar-refractivity contribution in [3.8, 4) is 0 Å². The average molecular weight is 186 g/mol. The predicted octanol–water partition coefficient (Wildman–Crippen LogP) is 2.15. The summed E-state index contributed by atoms with van der Waals surface area (Å²) in [6.45, 7) is 0. The number of halogens is 2. The second-order valence-corrected chi connectivity index (χ2v) is 1.00. The Bertz CT molecular complexity index is 68.5. The zero-order chi connectivity index (χ0) is 3.54. The molecule has 8 heavy (non-hydrogen) atoms. The van der Waals surface area contributed by atoms with Crippen molar-refractivity contribution in [2.45, 2.75) is 6.42 Å². The summed E-state index contributed by atoms with van der Waals surface area (Å²) in [5.41, 5.74) is 0. The van der Waals surface area contributed by atoms with Crippen molar-refractivity contribution in [2.75, 3.05) is 0 Å². The molecule has 0 fully saturated rings. The third kappa shape index (κ3) is 6.77. The molecule has 0 saturated heterocycles. The van der Waals surface area contributed by atoms with Crippen LogP contribution in [0.3, 0.4) is 0 Å². The first kappa shape index (κ1) is 15.9. The number of hydrogen-bond donors (Lipinski definition) is 0. The topological polar surface area (TPSA) is 0 Å². The van der Waals surface area contributed by atoms with E-state index in [1.54, 1.807) is 0 Å². The summed E-state index contributed by atoms with van der Waals surface area (Å²) >= 11 is 0. The molecule has 0 spiro atoms. The van der Waals surface area contributed by atoms with E-state index in [0.29, 0.717) is 0 Å². The van der Waals surface area contributed by atoms with Gasteiger partial charge in [-0.25, -0.2) is 12.2 Å². The van der Waals surface area contributed by atoms with E-state index in [2.05, 4.69) is 12.2 Å². The van der Waals surface area contributed by atoms with Crippen LogP contribution in [0, 0.1) is 6.08 Å². The van der Waals surface area contributed by atoms with Gasteiger partial charge >= 0.3 is 0 Å². The fourth-order valence-electron chi connectivity index (χ4n) is 0.340. The fraction of sp³-hybridized carbons (Fsp3) is 0.200. The molecule has 0 N–H and O–H groups in total. The van der Waals surface area contributed by atoms with Crippen LogP contribution in [0.1, 0.15) is 6.42 Å². The van der Waals surface area contributed by atoms with E-state index in [9.17, 15) is 0 Å². The molecular weight excluding hydrogens is 179 g/mol. The molecule has 3 heteroatoms. The van der Waals surface area contributed by atoms with Crippen LogP contribution in [-0.4, -0.2) is 0 Å². The van der Waals surface area contributed by atoms with Crippen LogP contribution < -0.4 is 0 Å². The maximum Gasteiger partial charge on any atom is 0 e. The van der Waals surface area contributed by atoms with Crippen LogP contribution in [0.2, 0.25) is 0 Å². The standard InChI is InChI=1S/C5H5.2ClH.Ti/c1-2-4-5-3-1;;;/h1-3H,4H2;2*1H;/q-1;;;. The van der Waals surface area contributed by atoms with Gasteiger partial charge in [-0.2, -0.15) is 6.08 Å². The second kappa shape index (κ2) is 10.7. The van der Waals surface area contributed by atoms with Crippen LogP contribution in [0.25, 0.3) is 0 Å². The summed E-state index contributed by atoms with van der Waals surface area (Å²) in [5, 5.41) is 0. The van der Waals surface area contributed by atoms with Crippen LogP contribution >= 0.6 is 24.8 Å². The smallest absolute Gasteiger partial charge is 0 e. The predicted molar refractivity (Wildman–Crippen MR) is 36.1 cm³/mol. The molecule has 0 aromatic carbocycles. The Morgan fingerprint density at radius 3 is 2.00 bits per heavy atom. The Balaban J connectivity index is -0.0000000833. The van der Waals surface area contributed by atoms with Gasteiger partial charge in [-0.05, 0) is 0 Å². The Hall–Kier alpha value is 0.774. The largest absolute Gasteiger partial charge is 0.273 e. The van der Waals surface area contributed by atoms with Crippen molar-refractivity contribution >= 4 is 24.8 Å². The maximum absolute atomic E-state index is 2.99. The fourth-order valence-corrected chi connectivity index (χ4v) is 0.340. The molecule has 0 heterocycles. The molecular formula is C5H7Cl2Ti-. The molecule has 0 unspecified atom stereocenters. The third-order valence-electron chi connectivity index (χ3n) is 0.586. The summed E-state index contributed by atoms with van der Waals surface area (Å²) < 4.78 is 0. The van der Waals surface area contributed by atoms with E-state index in [-0.39, 0.29) is 46.5 Å². The molecule has 46 valence electrons. The first-order valence-electron chi connectivity index (χ1n) is 1.72. The monoisotopic (exact) mass is 185 g/mol. The summed E-state index contributed by atoms with van der Waals surface area (Å²) in [6, 6.07) is 0. The van der Waals surface area contributed by atoms with E-state index in [1.807, 2.05) is 12.2 Å². The maximum atomic E-state index is 2.99. The Labute approximate surface area is 77.1 Å². The second-order valence-electron chi connectivity index (χ2n) is 1.00. The minimum Gasteiger partial charge on any atom is -0.273 e. The minimum absolute atomic E-state index is 0. The van der Waals surface area contributed by atoms with Gasteiger partial charge in [0.15, 0.2) is 0 Å². The van der Waals surface area contributed by atoms with Gasteiger partial charge in [0, 0.05) is 21.7 Å². The van der Waals surface area contributed by atoms with Crippen molar-refractivity contribution in [1.82, 2.24) is 0 Å². The quantitative estimate of drug-likeness (QED) is 0.401. The van der Waals surface area contributed by atoms with Gasteiger partial charge in [0.1, 0.15) is 0 Å². The van der Waals surface area contributed by atoms with E-state index in [4.69, 9.17) is 0 Å². The summed E-state index contributed by atoms with van der Waals surface area (Å²) in [6.07, 6.45) is 10.0. The van der Waals surface area contributed by atoms with E-state index < -0.39 is 0 Å². The zero-order valence-electron chi connectivity index (χ0n) is 4.26. The average Bonchev–Trinajstić information content (AvgIpc) is 1.76. The van der Waals surface area contributed by atoms with Gasteiger partial charge in [-0.1, -0.05) is 0 Å². The number of allylic oxidation sites excluding steroid dienone is 4. The van der Waals surface area contributed by atoms with Crippen LogP contribution in [0.15, 0.2) is 18.2 Å². The molecule has 1 aliphatic rings. The first-order chi connectivity index (χ1) is 2.50. The Morgan fingerprint density at radius 2 is 1.88 bits per heavy atom. The van der Waals surface area contributed by atoms with Crippen LogP contribution in [0.5, 0.6) is 0 Å². The molecule has 0 saturated carbocycles. The molecule has 0 atom stereocenters. The summed E-state index contributed by atoms with van der Waals surface area (Å²) in [4.78, 5) is 0. The molecule has 0 radical (unpaired) electrons. The molecule has 1 rings (SSSR count). The Kier molecular flexibility index (Phi) is 21.3. The van der Waals surface area contributed by atoms with Crippen LogP contribution in [0.4, 0.5) is 0 Å². The molecule has 0 bridgehead atoms. The summed E-state index contributed by atoms with van der Waals surface area (Å²) in [7, 11) is 0. The molecule has 0 nitrogen and oxygen atoms in total. The van der Waals surface area contributed by atoms with Crippen molar-refractivity contribution in [3.05, 3.63) is 24.3 Å². The number of rotatable bonds is 0. The molecule has 0 aromatic rings. The first-order valence-corrected chi connectivity index (χ1v) is 1.72. The van der Waals surface area contributed by atoms with Gasteiger partial charge in [0.25, 0.3) is 0 Å². The minimum atomic E-state index is 0. The van der Waals surface area contributed by atoms with Gasteiger partial charge in [-0.3, -0.25) is 6.08 Å².